The summed E-state index contributed by atoms with van der Waals surface area (Å²) in [6.45, 7) is 11.6. The van der Waals surface area contributed by atoms with Crippen LogP contribution in [0.4, 0.5) is 0 Å². The number of ether oxygens (including phenoxy) is 2. The number of carbonyl (C=O) groups is 2. The zero-order valence-corrected chi connectivity index (χ0v) is 17.9. The van der Waals surface area contributed by atoms with Crippen molar-refractivity contribution in [2.45, 2.75) is 64.0 Å². The van der Waals surface area contributed by atoms with Crippen molar-refractivity contribution in [2.75, 3.05) is 6.61 Å². The van der Waals surface area contributed by atoms with Gasteiger partial charge in [0, 0.05) is 18.4 Å². The van der Waals surface area contributed by atoms with Crippen LogP contribution in [0.1, 0.15) is 44.0 Å². The van der Waals surface area contributed by atoms with Gasteiger partial charge < -0.3 is 13.9 Å². The zero-order chi connectivity index (χ0) is 19.8. The molecule has 148 valence electrons. The predicted octanol–water partition coefficient (Wildman–Crippen LogP) is 4.19. The number of hydrogen-bond donors (Lipinski definition) is 0. The molecule has 1 aliphatic carbocycles. The molecule has 3 rings (SSSR count). The van der Waals surface area contributed by atoms with Crippen LogP contribution < -0.4 is 0 Å². The lowest BCUT2D eigenvalue weighted by Gasteiger charge is -2.37. The minimum Gasteiger partial charge on any atom is -0.458 e. The molecule has 2 unspecified atom stereocenters. The molecule has 1 saturated carbocycles. The van der Waals surface area contributed by atoms with Crippen molar-refractivity contribution in [3.05, 3.63) is 35.9 Å². The second-order valence-electron chi connectivity index (χ2n) is 9.22. The molecule has 6 heteroatoms. The first-order chi connectivity index (χ1) is 12.6. The molecule has 5 nitrogen and oxygen atoms in total. The average Bonchev–Trinajstić information content (AvgIpc) is 3.10. The highest BCUT2D eigenvalue weighted by Gasteiger charge is 2.53. The lowest BCUT2D eigenvalue weighted by atomic mass is 10.0. The summed E-state index contributed by atoms with van der Waals surface area (Å²) in [4.78, 5) is 24.3. The lowest BCUT2D eigenvalue weighted by Crippen LogP contribution is -2.43. The Morgan fingerprint density at radius 2 is 1.89 bits per heavy atom. The summed E-state index contributed by atoms with van der Waals surface area (Å²) >= 11 is 0. The van der Waals surface area contributed by atoms with Crippen molar-refractivity contribution < 1.29 is 23.5 Å². The fourth-order valence-electron chi connectivity index (χ4n) is 3.59. The highest BCUT2D eigenvalue weighted by Crippen LogP contribution is 2.44. The Kier molecular flexibility index (Phi) is 5.50. The molecule has 1 aliphatic heterocycles. The van der Waals surface area contributed by atoms with Crippen molar-refractivity contribution in [1.29, 1.82) is 0 Å². The third-order valence-corrected chi connectivity index (χ3v) is 10.8. The van der Waals surface area contributed by atoms with Gasteiger partial charge in [-0.15, -0.1) is 0 Å². The van der Waals surface area contributed by atoms with Gasteiger partial charge in [0.25, 0.3) is 0 Å². The van der Waals surface area contributed by atoms with Gasteiger partial charge in [-0.25, -0.2) is 4.79 Å². The third kappa shape index (κ3) is 4.27. The molecule has 0 radical (unpaired) electrons. The first-order valence-electron chi connectivity index (χ1n) is 9.68. The zero-order valence-electron chi connectivity index (χ0n) is 16.9. The van der Waals surface area contributed by atoms with Gasteiger partial charge in [-0.1, -0.05) is 39.0 Å². The minimum absolute atomic E-state index is 0.0508. The van der Waals surface area contributed by atoms with Crippen molar-refractivity contribution >= 4 is 20.3 Å². The normalized spacial score (nSPS) is 28.0. The van der Waals surface area contributed by atoms with Crippen LogP contribution in [-0.4, -0.2) is 39.1 Å². The summed E-state index contributed by atoms with van der Waals surface area (Å²) in [5.74, 6) is -0.412. The second kappa shape index (κ2) is 7.39. The summed E-state index contributed by atoms with van der Waals surface area (Å²) in [7, 11) is -1.90. The van der Waals surface area contributed by atoms with E-state index in [9.17, 15) is 9.59 Å². The molecule has 4 atom stereocenters. The Balaban J connectivity index is 1.72. The van der Waals surface area contributed by atoms with Gasteiger partial charge in [0.15, 0.2) is 8.32 Å². The second-order valence-corrected chi connectivity index (χ2v) is 14.0. The molecule has 1 aromatic carbocycles. The monoisotopic (exact) mass is 390 g/mol. The number of esters is 2. The molecule has 2 aliphatic rings. The first kappa shape index (κ1) is 20.1. The van der Waals surface area contributed by atoms with Crippen molar-refractivity contribution in [3.63, 3.8) is 0 Å². The molecule has 0 aromatic heterocycles. The molecule has 27 heavy (non-hydrogen) atoms. The third-order valence-electron chi connectivity index (χ3n) is 6.27. The van der Waals surface area contributed by atoms with Crippen LogP contribution in [0.25, 0.3) is 0 Å². The fraction of sp³-hybridized carbons (Fsp3) is 0.619. The highest BCUT2D eigenvalue weighted by molar-refractivity contribution is 6.74. The lowest BCUT2D eigenvalue weighted by molar-refractivity contribution is -0.146. The van der Waals surface area contributed by atoms with E-state index in [1.807, 2.05) is 18.2 Å². The topological polar surface area (TPSA) is 61.8 Å². The molecule has 0 bridgehead atoms. The van der Waals surface area contributed by atoms with Crippen molar-refractivity contribution in [3.8, 4) is 0 Å². The summed E-state index contributed by atoms with van der Waals surface area (Å²) in [6.07, 6.45) is 0.399. The van der Waals surface area contributed by atoms with Crippen LogP contribution in [0.3, 0.4) is 0 Å². The van der Waals surface area contributed by atoms with Crippen LogP contribution in [0, 0.1) is 11.8 Å². The van der Waals surface area contributed by atoms with Crippen LogP contribution in [0.2, 0.25) is 18.1 Å². The summed E-state index contributed by atoms with van der Waals surface area (Å²) in [6, 6.07) is 8.94. The van der Waals surface area contributed by atoms with E-state index in [2.05, 4.69) is 33.9 Å². The van der Waals surface area contributed by atoms with E-state index in [0.717, 1.165) is 6.42 Å². The summed E-state index contributed by atoms with van der Waals surface area (Å²) < 4.78 is 17.7. The van der Waals surface area contributed by atoms with E-state index in [0.29, 0.717) is 18.6 Å². The van der Waals surface area contributed by atoms with Crippen molar-refractivity contribution in [1.82, 2.24) is 0 Å². The molecular formula is C21H30O5Si. The van der Waals surface area contributed by atoms with E-state index in [1.165, 1.54) is 0 Å². The Hall–Kier alpha value is -1.66. The maximum Gasteiger partial charge on any atom is 0.338 e. The molecular weight excluding hydrogens is 360 g/mol. The Bertz CT molecular complexity index is 694. The van der Waals surface area contributed by atoms with E-state index < -0.39 is 14.4 Å². The standard InChI is InChI=1S/C21H30O5Si/c1-21(2,3)27(4,5)24-13-16-11-15-12-17(22)25-18(15)19(16)26-20(23)14-9-7-6-8-10-14/h6-10,15-16,18-19H,11-13H2,1-5H3/t15?,16-,18?,19-/m1/s1. The van der Waals surface area contributed by atoms with Gasteiger partial charge in [0.2, 0.25) is 0 Å². The van der Waals surface area contributed by atoms with E-state index in [1.54, 1.807) is 12.1 Å². The smallest absolute Gasteiger partial charge is 0.338 e. The Morgan fingerprint density at radius 1 is 1.22 bits per heavy atom. The molecule has 1 aromatic rings. The van der Waals surface area contributed by atoms with E-state index in [4.69, 9.17) is 13.9 Å². The van der Waals surface area contributed by atoms with Gasteiger partial charge >= 0.3 is 11.9 Å². The number of carbonyl (C=O) groups excluding carboxylic acids is 2. The largest absolute Gasteiger partial charge is 0.458 e. The van der Waals surface area contributed by atoms with Gasteiger partial charge in [-0.2, -0.15) is 0 Å². The predicted molar refractivity (Wildman–Crippen MR) is 105 cm³/mol. The van der Waals surface area contributed by atoms with Gasteiger partial charge in [0.1, 0.15) is 12.2 Å². The van der Waals surface area contributed by atoms with Gasteiger partial charge in [0.05, 0.1) is 12.0 Å². The molecule has 2 fully saturated rings. The Labute approximate surface area is 162 Å². The Morgan fingerprint density at radius 3 is 2.52 bits per heavy atom. The van der Waals surface area contributed by atoms with Crippen LogP contribution in [0.5, 0.6) is 0 Å². The maximum absolute atomic E-state index is 12.6. The first-order valence-corrected chi connectivity index (χ1v) is 12.6. The maximum atomic E-state index is 12.6. The fourth-order valence-corrected chi connectivity index (χ4v) is 4.66. The number of benzene rings is 1. The summed E-state index contributed by atoms with van der Waals surface area (Å²) in [5.41, 5.74) is 0.509. The van der Waals surface area contributed by atoms with Crippen molar-refractivity contribution in [2.24, 2.45) is 11.8 Å². The number of fused-ring (bicyclic) bond motifs is 1. The molecule has 1 heterocycles. The number of rotatable bonds is 5. The molecule has 1 saturated heterocycles. The summed E-state index contributed by atoms with van der Waals surface area (Å²) in [5, 5.41) is 0.115. The molecule has 0 amide bonds. The van der Waals surface area contributed by atoms with E-state index in [-0.39, 0.29) is 34.9 Å². The van der Waals surface area contributed by atoms with Crippen LogP contribution in [0.15, 0.2) is 30.3 Å². The van der Waals surface area contributed by atoms with Crippen LogP contribution in [-0.2, 0) is 18.7 Å². The molecule has 0 spiro atoms. The van der Waals surface area contributed by atoms with Gasteiger partial charge in [-0.05, 0) is 36.7 Å². The van der Waals surface area contributed by atoms with E-state index >= 15 is 0 Å². The quantitative estimate of drug-likeness (QED) is 0.557. The molecule has 0 N–H and O–H groups in total. The number of hydrogen-bond acceptors (Lipinski definition) is 5. The highest BCUT2D eigenvalue weighted by atomic mass is 28.4. The SMILES string of the molecule is CC(C)(C)[Si](C)(C)OC[C@H]1CC2CC(=O)OC2[C@@H]1OC(=O)c1ccccc1. The average molecular weight is 391 g/mol. The van der Waals surface area contributed by atoms with Gasteiger partial charge in [-0.3, -0.25) is 4.79 Å². The minimum atomic E-state index is -1.90. The van der Waals surface area contributed by atoms with Crippen LogP contribution >= 0.6 is 0 Å².